The van der Waals surface area contributed by atoms with E-state index in [1.54, 1.807) is 0 Å². The van der Waals surface area contributed by atoms with Crippen molar-refractivity contribution < 1.29 is 0 Å². The molecule has 3 rings (SSSR count). The van der Waals surface area contributed by atoms with Crippen LogP contribution in [0.3, 0.4) is 0 Å². The molecule has 3 nitrogen and oxygen atoms in total. The number of fused-ring (bicyclic) bond motifs is 1. The highest BCUT2D eigenvalue weighted by Gasteiger charge is 2.11. The molecule has 0 atom stereocenters. The third-order valence-corrected chi connectivity index (χ3v) is 4.11. The van der Waals surface area contributed by atoms with Gasteiger partial charge in [-0.05, 0) is 61.5 Å². The molecule has 0 spiro atoms. The molecule has 0 bridgehead atoms. The molecular formula is C15H14BrN3S. The number of H-pyrrole nitrogens is 1. The molecule has 0 aliphatic heterocycles. The van der Waals surface area contributed by atoms with E-state index in [4.69, 9.17) is 12.2 Å². The molecular weight excluding hydrogens is 334 g/mol. The first-order valence-electron chi connectivity index (χ1n) is 6.47. The smallest absolute Gasteiger partial charge is 0.184 e. The van der Waals surface area contributed by atoms with E-state index in [0.717, 1.165) is 33.4 Å². The molecule has 102 valence electrons. The van der Waals surface area contributed by atoms with E-state index in [1.165, 1.54) is 5.56 Å². The molecule has 0 unspecified atom stereocenters. The zero-order valence-corrected chi connectivity index (χ0v) is 13.7. The Hall–Kier alpha value is -1.46. The first-order chi connectivity index (χ1) is 9.60. The Morgan fingerprint density at radius 2 is 2.10 bits per heavy atom. The maximum Gasteiger partial charge on any atom is 0.184 e. The lowest BCUT2D eigenvalue weighted by Gasteiger charge is -2.10. The SMILES string of the molecule is CCc1cc(Br)ccc1-n1c(=S)[nH]c2ccc(C)nc21. The Morgan fingerprint density at radius 1 is 1.30 bits per heavy atom. The summed E-state index contributed by atoms with van der Waals surface area (Å²) in [6.07, 6.45) is 0.940. The van der Waals surface area contributed by atoms with Gasteiger partial charge >= 0.3 is 0 Å². The van der Waals surface area contributed by atoms with Crippen LogP contribution >= 0.6 is 28.1 Å². The molecule has 3 aromatic rings. The second kappa shape index (κ2) is 5.14. The number of hydrogen-bond donors (Lipinski definition) is 1. The number of hydrogen-bond acceptors (Lipinski definition) is 2. The minimum atomic E-state index is 0.676. The molecule has 0 radical (unpaired) electrons. The highest BCUT2D eigenvalue weighted by molar-refractivity contribution is 9.10. The summed E-state index contributed by atoms with van der Waals surface area (Å²) in [7, 11) is 0. The predicted octanol–water partition coefficient (Wildman–Crippen LogP) is 4.72. The van der Waals surface area contributed by atoms with Crippen LogP contribution < -0.4 is 0 Å². The number of imidazole rings is 1. The zero-order chi connectivity index (χ0) is 14.3. The van der Waals surface area contributed by atoms with Gasteiger partial charge in [-0.1, -0.05) is 22.9 Å². The third kappa shape index (κ3) is 2.21. The third-order valence-electron chi connectivity index (χ3n) is 3.33. The molecule has 1 aromatic carbocycles. The fourth-order valence-electron chi connectivity index (χ4n) is 2.36. The van der Waals surface area contributed by atoms with Crippen LogP contribution in [0.15, 0.2) is 34.8 Å². The van der Waals surface area contributed by atoms with Crippen LogP contribution in [0, 0.1) is 11.7 Å². The first kappa shape index (κ1) is 13.5. The number of aryl methyl sites for hydroxylation is 2. The van der Waals surface area contributed by atoms with Crippen molar-refractivity contribution in [2.24, 2.45) is 0 Å². The number of rotatable bonds is 2. The van der Waals surface area contributed by atoms with Crippen molar-refractivity contribution in [1.82, 2.24) is 14.5 Å². The van der Waals surface area contributed by atoms with Gasteiger partial charge in [0.05, 0.1) is 11.2 Å². The molecule has 1 N–H and O–H groups in total. The van der Waals surface area contributed by atoms with Crippen molar-refractivity contribution >= 4 is 39.3 Å². The summed E-state index contributed by atoms with van der Waals surface area (Å²) in [5, 5.41) is 0. The summed E-state index contributed by atoms with van der Waals surface area (Å²) < 4.78 is 3.77. The number of halogens is 1. The minimum absolute atomic E-state index is 0.676. The van der Waals surface area contributed by atoms with Crippen molar-refractivity contribution in [2.45, 2.75) is 20.3 Å². The van der Waals surface area contributed by atoms with Gasteiger partial charge in [0.1, 0.15) is 0 Å². The fraction of sp³-hybridized carbons (Fsp3) is 0.200. The van der Waals surface area contributed by atoms with Crippen LogP contribution in [0.4, 0.5) is 0 Å². The highest BCUT2D eigenvalue weighted by Crippen LogP contribution is 2.24. The first-order valence-corrected chi connectivity index (χ1v) is 7.67. The van der Waals surface area contributed by atoms with Gasteiger partial charge in [-0.15, -0.1) is 0 Å². The van der Waals surface area contributed by atoms with E-state index in [0.29, 0.717) is 4.77 Å². The van der Waals surface area contributed by atoms with E-state index < -0.39 is 0 Å². The van der Waals surface area contributed by atoms with Gasteiger partial charge in [0.25, 0.3) is 0 Å². The van der Waals surface area contributed by atoms with Gasteiger partial charge in [-0.3, -0.25) is 4.57 Å². The number of benzene rings is 1. The number of pyridine rings is 1. The summed E-state index contributed by atoms with van der Waals surface area (Å²) in [5.74, 6) is 0. The van der Waals surface area contributed by atoms with Gasteiger partial charge in [0.15, 0.2) is 10.4 Å². The fourth-order valence-corrected chi connectivity index (χ4v) is 3.06. The second-order valence-electron chi connectivity index (χ2n) is 4.72. The van der Waals surface area contributed by atoms with Crippen LogP contribution in [-0.4, -0.2) is 14.5 Å². The number of nitrogens with zero attached hydrogens (tertiary/aromatic N) is 2. The normalized spacial score (nSPS) is 11.2. The lowest BCUT2D eigenvalue weighted by Crippen LogP contribution is -2.00. The van der Waals surface area contributed by atoms with Crippen LogP contribution in [0.1, 0.15) is 18.2 Å². The number of nitrogens with one attached hydrogen (secondary N) is 1. The molecule has 5 heteroatoms. The van der Waals surface area contributed by atoms with Crippen molar-refractivity contribution in [2.75, 3.05) is 0 Å². The van der Waals surface area contributed by atoms with Crippen molar-refractivity contribution in [1.29, 1.82) is 0 Å². The molecule has 0 aliphatic carbocycles. The van der Waals surface area contributed by atoms with Crippen LogP contribution in [-0.2, 0) is 6.42 Å². The Labute approximate surface area is 130 Å². The molecule has 20 heavy (non-hydrogen) atoms. The largest absolute Gasteiger partial charge is 0.329 e. The number of aromatic amines is 1. The molecule has 0 saturated heterocycles. The van der Waals surface area contributed by atoms with E-state index in [-0.39, 0.29) is 0 Å². The lowest BCUT2D eigenvalue weighted by molar-refractivity contribution is 0.992. The van der Waals surface area contributed by atoms with E-state index >= 15 is 0 Å². The average Bonchev–Trinajstić information content (AvgIpc) is 2.74. The van der Waals surface area contributed by atoms with Gasteiger partial charge in [-0.2, -0.15) is 0 Å². The summed E-state index contributed by atoms with van der Waals surface area (Å²) in [4.78, 5) is 7.85. The van der Waals surface area contributed by atoms with Gasteiger partial charge in [0.2, 0.25) is 0 Å². The molecule has 0 fully saturated rings. The highest BCUT2D eigenvalue weighted by atomic mass is 79.9. The van der Waals surface area contributed by atoms with Crippen molar-refractivity contribution in [3.63, 3.8) is 0 Å². The molecule has 0 amide bonds. The van der Waals surface area contributed by atoms with Gasteiger partial charge in [0, 0.05) is 10.2 Å². The standard InChI is InChI=1S/C15H14BrN3S/c1-3-10-8-11(16)5-7-13(10)19-14-12(18-15(19)20)6-4-9(2)17-14/h4-8H,3H2,1-2H3,(H,18,20). The Morgan fingerprint density at radius 3 is 2.85 bits per heavy atom. The topological polar surface area (TPSA) is 33.6 Å². The maximum atomic E-state index is 5.47. The van der Waals surface area contributed by atoms with E-state index in [1.807, 2.05) is 29.7 Å². The van der Waals surface area contributed by atoms with Crippen LogP contribution in [0.25, 0.3) is 16.9 Å². The van der Waals surface area contributed by atoms with Crippen molar-refractivity contribution in [3.8, 4) is 5.69 Å². The quantitative estimate of drug-likeness (QED) is 0.680. The van der Waals surface area contributed by atoms with E-state index in [9.17, 15) is 0 Å². The monoisotopic (exact) mass is 347 g/mol. The minimum Gasteiger partial charge on any atom is -0.329 e. The summed E-state index contributed by atoms with van der Waals surface area (Å²) in [5.41, 5.74) is 5.15. The van der Waals surface area contributed by atoms with Crippen LogP contribution in [0.2, 0.25) is 0 Å². The number of aromatic nitrogens is 3. The Balaban J connectivity index is 2.37. The van der Waals surface area contributed by atoms with E-state index in [2.05, 4.69) is 45.0 Å². The molecule has 2 heterocycles. The lowest BCUT2D eigenvalue weighted by atomic mass is 10.1. The van der Waals surface area contributed by atoms with Gasteiger partial charge in [-0.25, -0.2) is 4.98 Å². The summed E-state index contributed by atoms with van der Waals surface area (Å²) >= 11 is 9.00. The zero-order valence-electron chi connectivity index (χ0n) is 11.3. The van der Waals surface area contributed by atoms with Crippen LogP contribution in [0.5, 0.6) is 0 Å². The average molecular weight is 348 g/mol. The molecule has 0 aliphatic rings. The Kier molecular flexibility index (Phi) is 3.48. The van der Waals surface area contributed by atoms with Gasteiger partial charge < -0.3 is 4.98 Å². The second-order valence-corrected chi connectivity index (χ2v) is 6.02. The Bertz CT molecular complexity index is 848. The molecule has 0 saturated carbocycles. The summed E-state index contributed by atoms with van der Waals surface area (Å²) in [6, 6.07) is 10.3. The summed E-state index contributed by atoms with van der Waals surface area (Å²) in [6.45, 7) is 4.13. The van der Waals surface area contributed by atoms with Crippen molar-refractivity contribution in [3.05, 3.63) is 50.8 Å². The predicted molar refractivity (Wildman–Crippen MR) is 88.1 cm³/mol. The molecule has 2 aromatic heterocycles. The maximum absolute atomic E-state index is 5.47.